The molecule has 1 heterocycles. The largest absolute Gasteiger partial charge is 0.493 e. The Morgan fingerprint density at radius 2 is 1.86 bits per heavy atom. The molecule has 0 bridgehead atoms. The first-order valence-electron chi connectivity index (χ1n) is 13.0. The third kappa shape index (κ3) is 9.33. The zero-order valence-electron chi connectivity index (χ0n) is 21.4. The van der Waals surface area contributed by atoms with Gasteiger partial charge in [-0.25, -0.2) is 4.79 Å². The maximum absolute atomic E-state index is 12.3. The summed E-state index contributed by atoms with van der Waals surface area (Å²) < 4.78 is 17.7. The van der Waals surface area contributed by atoms with Crippen LogP contribution in [0, 0.1) is 0 Å². The Hall–Kier alpha value is -2.32. The summed E-state index contributed by atoms with van der Waals surface area (Å²) >= 11 is 0. The minimum Gasteiger partial charge on any atom is -0.493 e. The van der Waals surface area contributed by atoms with Gasteiger partial charge in [-0.3, -0.25) is 4.79 Å². The molecular formula is C27H42N2O6. The van der Waals surface area contributed by atoms with Crippen molar-refractivity contribution in [2.75, 3.05) is 19.8 Å². The van der Waals surface area contributed by atoms with Gasteiger partial charge in [0.05, 0.1) is 25.4 Å². The van der Waals surface area contributed by atoms with Crippen LogP contribution in [0.1, 0.15) is 83.6 Å². The van der Waals surface area contributed by atoms with Crippen molar-refractivity contribution in [2.45, 2.75) is 102 Å². The highest BCUT2D eigenvalue weighted by molar-refractivity contribution is 5.68. The van der Waals surface area contributed by atoms with Crippen LogP contribution in [0.4, 0.5) is 4.79 Å². The molecule has 0 spiro atoms. The number of nitrogens with one attached hydrogen (secondary N) is 2. The number of alkyl carbamates (subject to hydrolysis) is 1. The van der Waals surface area contributed by atoms with E-state index in [-0.39, 0.29) is 30.7 Å². The first-order valence-corrected chi connectivity index (χ1v) is 13.0. The quantitative estimate of drug-likeness (QED) is 0.411. The number of carbonyl (C=O) groups excluding carboxylic acids is 1. The molecular weight excluding hydrogens is 448 g/mol. The van der Waals surface area contributed by atoms with Crippen molar-refractivity contribution in [3.05, 3.63) is 29.8 Å². The van der Waals surface area contributed by atoms with Crippen molar-refractivity contribution in [2.24, 2.45) is 0 Å². The molecule has 1 aromatic carbocycles. The van der Waals surface area contributed by atoms with Gasteiger partial charge in [0.1, 0.15) is 11.4 Å². The van der Waals surface area contributed by atoms with Gasteiger partial charge in [0.15, 0.2) is 0 Å². The van der Waals surface area contributed by atoms with Crippen LogP contribution in [0.15, 0.2) is 24.3 Å². The molecule has 1 aliphatic heterocycles. The number of rotatable bonds is 10. The molecule has 2 atom stereocenters. The molecule has 0 radical (unpaired) electrons. The highest BCUT2D eigenvalue weighted by atomic mass is 16.6. The van der Waals surface area contributed by atoms with Crippen LogP contribution in [0.5, 0.6) is 5.75 Å². The maximum atomic E-state index is 12.3. The van der Waals surface area contributed by atoms with Crippen molar-refractivity contribution >= 4 is 12.1 Å². The molecule has 1 aliphatic carbocycles. The van der Waals surface area contributed by atoms with E-state index in [1.807, 2.05) is 39.0 Å². The van der Waals surface area contributed by atoms with Gasteiger partial charge in [0.25, 0.3) is 0 Å². The summed E-state index contributed by atoms with van der Waals surface area (Å²) in [5.74, 6) is 0.486. The predicted molar refractivity (Wildman–Crippen MR) is 134 cm³/mol. The smallest absolute Gasteiger partial charge is 0.407 e. The molecule has 0 unspecified atom stereocenters. The van der Waals surface area contributed by atoms with Crippen LogP contribution in [0.2, 0.25) is 0 Å². The summed E-state index contributed by atoms with van der Waals surface area (Å²) in [5, 5.41) is 15.3. The highest BCUT2D eigenvalue weighted by Gasteiger charge is 2.30. The molecule has 1 aromatic rings. The average molecular weight is 491 g/mol. The summed E-state index contributed by atoms with van der Waals surface area (Å²) in [6.45, 7) is 7.51. The van der Waals surface area contributed by atoms with E-state index < -0.39 is 11.6 Å². The lowest BCUT2D eigenvalue weighted by Crippen LogP contribution is -2.56. The normalized spacial score (nSPS) is 25.0. The van der Waals surface area contributed by atoms with E-state index in [2.05, 4.69) is 16.7 Å². The standard InChI is InChI=1S/C27H42N2O6/c1-27(2,3)35-26(32)29-22-9-6-16-28-23(22)18-34-20-14-12-19(13-15-20)21-8-4-5-10-24(21)33-17-7-11-25(30)31/h4-5,8,10,19-20,22-23,28H,6-7,9,11-18H2,1-3H3,(H,29,32)(H,30,31)/t19?,20?,22-,23+/m0/s1. The average Bonchev–Trinajstić information content (AvgIpc) is 2.80. The Morgan fingerprint density at radius 3 is 2.57 bits per heavy atom. The van der Waals surface area contributed by atoms with Crippen LogP contribution >= 0.6 is 0 Å². The van der Waals surface area contributed by atoms with Crippen LogP contribution in [0.3, 0.4) is 0 Å². The molecule has 35 heavy (non-hydrogen) atoms. The number of para-hydroxylation sites is 1. The van der Waals surface area contributed by atoms with Gasteiger partial charge < -0.3 is 30.0 Å². The minimum absolute atomic E-state index is 0.0000849. The second-order valence-corrected chi connectivity index (χ2v) is 10.6. The summed E-state index contributed by atoms with van der Waals surface area (Å²) in [6.07, 6.45) is 6.40. The van der Waals surface area contributed by atoms with Crippen LogP contribution < -0.4 is 15.4 Å². The number of benzene rings is 1. The fraction of sp³-hybridized carbons (Fsp3) is 0.704. The number of hydrogen-bond acceptors (Lipinski definition) is 6. The summed E-state index contributed by atoms with van der Waals surface area (Å²) in [7, 11) is 0. The van der Waals surface area contributed by atoms with Crippen LogP contribution in [-0.2, 0) is 14.3 Å². The molecule has 196 valence electrons. The molecule has 3 N–H and O–H groups in total. The van der Waals surface area contributed by atoms with Crippen molar-refractivity contribution in [3.63, 3.8) is 0 Å². The van der Waals surface area contributed by atoms with E-state index >= 15 is 0 Å². The predicted octanol–water partition coefficient (Wildman–Crippen LogP) is 4.62. The fourth-order valence-electron chi connectivity index (χ4n) is 4.89. The molecule has 0 aromatic heterocycles. The summed E-state index contributed by atoms with van der Waals surface area (Å²) in [6, 6.07) is 8.18. The van der Waals surface area contributed by atoms with E-state index in [1.54, 1.807) is 0 Å². The number of ether oxygens (including phenoxy) is 3. The monoisotopic (exact) mass is 490 g/mol. The summed E-state index contributed by atoms with van der Waals surface area (Å²) in [5.41, 5.74) is 0.690. The Kier molecular flexibility index (Phi) is 10.2. The van der Waals surface area contributed by atoms with E-state index in [4.69, 9.17) is 19.3 Å². The van der Waals surface area contributed by atoms with Crippen LogP contribution in [0.25, 0.3) is 0 Å². The van der Waals surface area contributed by atoms with E-state index in [1.165, 1.54) is 5.56 Å². The lowest BCUT2D eigenvalue weighted by Gasteiger charge is -2.36. The topological polar surface area (TPSA) is 106 Å². The first kappa shape index (κ1) is 27.3. The maximum Gasteiger partial charge on any atom is 0.407 e. The first-order chi connectivity index (χ1) is 16.7. The molecule has 8 nitrogen and oxygen atoms in total. The van der Waals surface area contributed by atoms with Gasteiger partial charge in [0.2, 0.25) is 0 Å². The molecule has 8 heteroatoms. The number of hydrogen-bond donors (Lipinski definition) is 3. The number of carboxylic acid groups (broad SMARTS) is 1. The molecule has 1 saturated heterocycles. The minimum atomic E-state index is -0.796. The molecule has 2 fully saturated rings. The Bertz CT molecular complexity index is 816. The number of carbonyl (C=O) groups is 2. The van der Waals surface area contributed by atoms with Crippen molar-refractivity contribution in [1.82, 2.24) is 10.6 Å². The Balaban J connectivity index is 1.45. The van der Waals surface area contributed by atoms with Crippen LogP contribution in [-0.4, -0.2) is 60.7 Å². The van der Waals surface area contributed by atoms with Crippen molar-refractivity contribution in [3.8, 4) is 5.75 Å². The van der Waals surface area contributed by atoms with E-state index in [9.17, 15) is 9.59 Å². The van der Waals surface area contributed by atoms with Gasteiger partial charge in [0, 0.05) is 12.5 Å². The Morgan fingerprint density at radius 1 is 1.11 bits per heavy atom. The lowest BCUT2D eigenvalue weighted by molar-refractivity contribution is -0.137. The SMILES string of the molecule is CC(C)(C)OC(=O)N[C@H]1CCCN[C@@H]1COC1CCC(c2ccccc2OCCCC(=O)O)CC1. The van der Waals surface area contributed by atoms with Crippen molar-refractivity contribution < 1.29 is 28.9 Å². The second-order valence-electron chi connectivity index (χ2n) is 10.6. The second kappa shape index (κ2) is 13.1. The molecule has 3 rings (SSSR count). The van der Waals surface area contributed by atoms with E-state index in [0.717, 1.165) is 50.8 Å². The number of aliphatic carboxylic acids is 1. The highest BCUT2D eigenvalue weighted by Crippen LogP contribution is 2.38. The van der Waals surface area contributed by atoms with Crippen molar-refractivity contribution in [1.29, 1.82) is 0 Å². The zero-order valence-corrected chi connectivity index (χ0v) is 21.4. The van der Waals surface area contributed by atoms with E-state index in [0.29, 0.717) is 25.6 Å². The number of carboxylic acids is 1. The molecule has 1 amide bonds. The van der Waals surface area contributed by atoms with Gasteiger partial charge in [-0.15, -0.1) is 0 Å². The van der Waals surface area contributed by atoms with Gasteiger partial charge in [-0.2, -0.15) is 0 Å². The molecule has 2 aliphatic rings. The number of amides is 1. The van der Waals surface area contributed by atoms with Gasteiger partial charge in [-0.05, 0) is 89.8 Å². The summed E-state index contributed by atoms with van der Waals surface area (Å²) in [4.78, 5) is 23.0. The zero-order chi connectivity index (χ0) is 25.3. The van der Waals surface area contributed by atoms with Gasteiger partial charge in [-0.1, -0.05) is 18.2 Å². The molecule has 1 saturated carbocycles. The third-order valence-corrected chi connectivity index (χ3v) is 6.62. The lowest BCUT2D eigenvalue weighted by atomic mass is 9.82. The van der Waals surface area contributed by atoms with Gasteiger partial charge >= 0.3 is 12.1 Å². The number of piperidine rings is 1. The Labute approximate surface area is 209 Å². The fourth-order valence-corrected chi connectivity index (χ4v) is 4.89. The third-order valence-electron chi connectivity index (χ3n) is 6.62.